The molecule has 2 heteroatoms. The number of halogens is 1. The summed E-state index contributed by atoms with van der Waals surface area (Å²) in [5.74, 6) is 0. The minimum absolute atomic E-state index is 0.800. The zero-order chi connectivity index (χ0) is 11.2. The van der Waals surface area contributed by atoms with Crippen LogP contribution in [0.2, 0.25) is 11.3 Å². The summed E-state index contributed by atoms with van der Waals surface area (Å²) in [6.07, 6.45) is 2.12. The van der Waals surface area contributed by atoms with Crippen molar-refractivity contribution in [3.63, 3.8) is 0 Å². The van der Waals surface area contributed by atoms with Gasteiger partial charge in [-0.25, -0.2) is 0 Å². The Hall–Kier alpha value is -1.21. The summed E-state index contributed by atoms with van der Waals surface area (Å²) in [6, 6.07) is 18.5. The fraction of sp³-hybridized carbons (Fsp3) is 0.143. The van der Waals surface area contributed by atoms with Gasteiger partial charge >= 0.3 is 0 Å². The van der Waals surface area contributed by atoms with Crippen LogP contribution in [-0.4, -0.2) is 7.28 Å². The van der Waals surface area contributed by atoms with E-state index >= 15 is 0 Å². The summed E-state index contributed by atoms with van der Waals surface area (Å²) in [7, 11) is 2.22. The molecule has 0 fully saturated rings. The Morgan fingerprint density at radius 2 is 1.75 bits per heavy atom. The van der Waals surface area contributed by atoms with E-state index in [4.69, 9.17) is 11.6 Å². The molecule has 0 saturated heterocycles. The molecule has 0 saturated carbocycles. The van der Waals surface area contributed by atoms with Gasteiger partial charge in [0, 0.05) is 5.02 Å². The zero-order valence-corrected chi connectivity index (χ0v) is 9.82. The lowest BCUT2D eigenvalue weighted by atomic mass is 9.66. The highest BCUT2D eigenvalue weighted by atomic mass is 35.5. The second-order valence-electron chi connectivity index (χ2n) is 3.78. The van der Waals surface area contributed by atoms with Crippen LogP contribution in [0.4, 0.5) is 0 Å². The second kappa shape index (κ2) is 5.76. The summed E-state index contributed by atoms with van der Waals surface area (Å²) in [4.78, 5) is 0. The molecule has 0 spiro atoms. The van der Waals surface area contributed by atoms with Gasteiger partial charge in [-0.15, -0.1) is 0 Å². The van der Waals surface area contributed by atoms with Crippen LogP contribution < -0.4 is 5.46 Å². The van der Waals surface area contributed by atoms with Crippen LogP contribution in [0.25, 0.3) is 0 Å². The maximum Gasteiger partial charge on any atom is 0.152 e. The van der Waals surface area contributed by atoms with Crippen LogP contribution in [0, 0.1) is 0 Å². The van der Waals surface area contributed by atoms with E-state index in [2.05, 4.69) is 37.6 Å². The number of aryl methyl sites for hydroxylation is 1. The largest absolute Gasteiger partial charge is 0.152 e. The highest BCUT2D eigenvalue weighted by Crippen LogP contribution is 2.05. The smallest absolute Gasteiger partial charge is 0.0863 e. The average molecular weight is 228 g/mol. The predicted molar refractivity (Wildman–Crippen MR) is 71.8 cm³/mol. The molecular weight excluding hydrogens is 214 g/mol. The van der Waals surface area contributed by atoms with E-state index in [-0.39, 0.29) is 0 Å². The lowest BCUT2D eigenvalue weighted by molar-refractivity contribution is 1.13. The van der Waals surface area contributed by atoms with Gasteiger partial charge in [0.15, 0.2) is 7.28 Å². The van der Waals surface area contributed by atoms with Crippen molar-refractivity contribution in [3.8, 4) is 0 Å². The van der Waals surface area contributed by atoms with E-state index in [0.29, 0.717) is 0 Å². The number of hydrogen-bond acceptors (Lipinski definition) is 0. The van der Waals surface area contributed by atoms with Gasteiger partial charge in [-0.1, -0.05) is 65.8 Å². The third kappa shape index (κ3) is 3.43. The molecule has 0 aliphatic heterocycles. The Labute approximate surface area is 103 Å². The van der Waals surface area contributed by atoms with Crippen molar-refractivity contribution in [2.24, 2.45) is 0 Å². The first-order chi connectivity index (χ1) is 7.84. The van der Waals surface area contributed by atoms with E-state index in [0.717, 1.165) is 17.8 Å². The lowest BCUT2D eigenvalue weighted by Gasteiger charge is -2.01. The third-order valence-corrected chi connectivity index (χ3v) is 2.74. The lowest BCUT2D eigenvalue weighted by Crippen LogP contribution is -2.13. The van der Waals surface area contributed by atoms with Crippen LogP contribution in [0.3, 0.4) is 0 Å². The summed E-state index contributed by atoms with van der Waals surface area (Å²) >= 11 is 5.92. The number of rotatable bonds is 4. The topological polar surface area (TPSA) is 0 Å². The maximum absolute atomic E-state index is 5.92. The predicted octanol–water partition coefficient (Wildman–Crippen LogP) is 3.33. The van der Waals surface area contributed by atoms with Gasteiger partial charge in [0.1, 0.15) is 0 Å². The Bertz CT molecular complexity index is 439. The van der Waals surface area contributed by atoms with Gasteiger partial charge in [-0.05, 0) is 24.1 Å². The Morgan fingerprint density at radius 1 is 0.938 bits per heavy atom. The molecule has 0 unspecified atom stereocenters. The molecule has 2 aromatic carbocycles. The van der Waals surface area contributed by atoms with Crippen molar-refractivity contribution < 1.29 is 0 Å². The van der Waals surface area contributed by atoms with E-state index in [1.807, 2.05) is 24.3 Å². The summed E-state index contributed by atoms with van der Waals surface area (Å²) < 4.78 is 0. The first-order valence-corrected chi connectivity index (χ1v) is 5.85. The molecule has 0 nitrogen and oxygen atoms in total. The van der Waals surface area contributed by atoms with Gasteiger partial charge < -0.3 is 0 Å². The SMILES string of the molecule is Clc1cccc([B]CCc2ccccc2)c1. The molecule has 0 amide bonds. The van der Waals surface area contributed by atoms with Gasteiger partial charge in [0.2, 0.25) is 0 Å². The summed E-state index contributed by atoms with van der Waals surface area (Å²) in [5.41, 5.74) is 2.57. The van der Waals surface area contributed by atoms with Gasteiger partial charge in [0.25, 0.3) is 0 Å². The van der Waals surface area contributed by atoms with Crippen LogP contribution in [0.5, 0.6) is 0 Å². The first kappa shape index (κ1) is 11.3. The first-order valence-electron chi connectivity index (χ1n) is 5.47. The molecule has 79 valence electrons. The third-order valence-electron chi connectivity index (χ3n) is 2.50. The molecule has 2 aromatic rings. The monoisotopic (exact) mass is 227 g/mol. The summed E-state index contributed by atoms with van der Waals surface area (Å²) in [6.45, 7) is 0. The van der Waals surface area contributed by atoms with Crippen LogP contribution in [-0.2, 0) is 6.42 Å². The van der Waals surface area contributed by atoms with E-state index in [1.165, 1.54) is 11.0 Å². The molecule has 2 rings (SSSR count). The molecule has 0 N–H and O–H groups in total. The Kier molecular flexibility index (Phi) is 4.07. The van der Waals surface area contributed by atoms with Crippen molar-refractivity contribution in [2.45, 2.75) is 12.7 Å². The van der Waals surface area contributed by atoms with E-state index in [9.17, 15) is 0 Å². The van der Waals surface area contributed by atoms with Crippen molar-refractivity contribution in [3.05, 3.63) is 65.2 Å². The van der Waals surface area contributed by atoms with E-state index in [1.54, 1.807) is 0 Å². The fourth-order valence-electron chi connectivity index (χ4n) is 1.68. The Morgan fingerprint density at radius 3 is 2.50 bits per heavy atom. The second-order valence-corrected chi connectivity index (χ2v) is 4.22. The maximum atomic E-state index is 5.92. The van der Waals surface area contributed by atoms with Crippen molar-refractivity contribution in [1.82, 2.24) is 0 Å². The highest BCUT2D eigenvalue weighted by Gasteiger charge is 1.97. The minimum atomic E-state index is 0.800. The molecule has 0 aromatic heterocycles. The molecule has 0 atom stereocenters. The van der Waals surface area contributed by atoms with Crippen molar-refractivity contribution in [1.29, 1.82) is 0 Å². The number of benzene rings is 2. The van der Waals surface area contributed by atoms with Gasteiger partial charge in [0.05, 0.1) is 0 Å². The molecule has 1 radical (unpaired) electrons. The molecule has 0 heterocycles. The fourth-order valence-corrected chi connectivity index (χ4v) is 1.88. The molecule has 0 bridgehead atoms. The standard InChI is InChI=1S/C14H13BCl/c16-14-8-4-7-13(11-14)15-10-9-12-5-2-1-3-6-12/h1-8,11H,9-10H2. The van der Waals surface area contributed by atoms with Crippen molar-refractivity contribution >= 4 is 24.3 Å². The highest BCUT2D eigenvalue weighted by molar-refractivity contribution is 6.53. The molecule has 0 aliphatic rings. The van der Waals surface area contributed by atoms with Crippen LogP contribution in [0.1, 0.15) is 5.56 Å². The van der Waals surface area contributed by atoms with Crippen molar-refractivity contribution in [2.75, 3.05) is 0 Å². The van der Waals surface area contributed by atoms with Crippen LogP contribution in [0.15, 0.2) is 54.6 Å². The zero-order valence-electron chi connectivity index (χ0n) is 9.07. The quantitative estimate of drug-likeness (QED) is 0.703. The van der Waals surface area contributed by atoms with Gasteiger partial charge in [-0.2, -0.15) is 0 Å². The van der Waals surface area contributed by atoms with Crippen LogP contribution >= 0.6 is 11.6 Å². The molecule has 0 aliphatic carbocycles. The number of hydrogen-bond donors (Lipinski definition) is 0. The average Bonchev–Trinajstić information content (AvgIpc) is 2.30. The molecule has 16 heavy (non-hydrogen) atoms. The molecular formula is C14H13BCl. The van der Waals surface area contributed by atoms with E-state index < -0.39 is 0 Å². The Balaban J connectivity index is 1.85. The minimum Gasteiger partial charge on any atom is -0.0863 e. The van der Waals surface area contributed by atoms with Gasteiger partial charge in [-0.3, -0.25) is 0 Å². The summed E-state index contributed by atoms with van der Waals surface area (Å²) in [5, 5.41) is 0.800. The normalized spacial score (nSPS) is 10.1.